The van der Waals surface area contributed by atoms with Gasteiger partial charge < -0.3 is 5.11 Å². The maximum atomic E-state index is 12.1. The van der Waals surface area contributed by atoms with E-state index in [2.05, 4.69) is 31.2 Å². The lowest BCUT2D eigenvalue weighted by Crippen LogP contribution is -1.95. The Morgan fingerprint density at radius 1 is 0.710 bits per heavy atom. The van der Waals surface area contributed by atoms with Crippen molar-refractivity contribution in [3.8, 4) is 0 Å². The molecule has 3 rings (SSSR count). The van der Waals surface area contributed by atoms with E-state index < -0.39 is 5.97 Å². The Morgan fingerprint density at radius 2 is 1.13 bits per heavy atom. The minimum Gasteiger partial charge on any atom is -0.478 e. The van der Waals surface area contributed by atoms with Gasteiger partial charge >= 0.3 is 5.97 Å². The van der Waals surface area contributed by atoms with Gasteiger partial charge in [0.05, 0.1) is 5.56 Å². The number of carbonyl (C=O) groups is 1. The van der Waals surface area contributed by atoms with E-state index in [4.69, 9.17) is 5.11 Å². The maximum absolute atomic E-state index is 12.1. The number of hydrogen-bond acceptors (Lipinski definition) is 1. The Balaban J connectivity index is 0. The largest absolute Gasteiger partial charge is 0.478 e. The molecule has 0 aromatic heterocycles. The predicted molar refractivity (Wildman–Crippen MR) is 132 cm³/mol. The molecule has 170 valence electrons. The first-order chi connectivity index (χ1) is 15.0. The van der Waals surface area contributed by atoms with E-state index in [1.807, 2.05) is 59.7 Å². The first kappa shape index (κ1) is 30.3. The molecule has 0 saturated heterocycles. The predicted octanol–water partition coefficient (Wildman–Crippen LogP) is 8.38. The second-order valence-corrected chi connectivity index (χ2v) is 5.99. The molecule has 3 aromatic carbocycles. The van der Waals surface area contributed by atoms with Gasteiger partial charge in [-0.3, -0.25) is 0 Å². The smallest absolute Gasteiger partial charge is 0.335 e. The number of aryl methyl sites for hydroxylation is 3. The van der Waals surface area contributed by atoms with Crippen LogP contribution in [0.15, 0.2) is 78.9 Å². The third kappa shape index (κ3) is 15.5. The molecular weight excluding hydrogens is 387 g/mol. The third-order valence-electron chi connectivity index (χ3n) is 3.87. The van der Waals surface area contributed by atoms with Gasteiger partial charge in [0, 0.05) is 0 Å². The van der Waals surface area contributed by atoms with Crippen LogP contribution in [0.3, 0.4) is 0 Å². The molecule has 0 spiro atoms. The summed E-state index contributed by atoms with van der Waals surface area (Å²) in [4.78, 5) is 10.4. The van der Waals surface area contributed by atoms with E-state index in [0.717, 1.165) is 24.0 Å². The highest BCUT2D eigenvalue weighted by atomic mass is 19.1. The van der Waals surface area contributed by atoms with Crippen LogP contribution in [0.2, 0.25) is 0 Å². The van der Waals surface area contributed by atoms with Gasteiger partial charge in [0.25, 0.3) is 0 Å². The molecule has 31 heavy (non-hydrogen) atoms. The number of carboxylic acid groups (broad SMARTS) is 1. The molecule has 0 aliphatic heterocycles. The van der Waals surface area contributed by atoms with Crippen molar-refractivity contribution >= 4 is 5.97 Å². The molecule has 3 heteroatoms. The Labute approximate surface area is 188 Å². The first-order valence-corrected chi connectivity index (χ1v) is 11.0. The normalized spacial score (nSPS) is 8.52. The molecule has 0 heterocycles. The van der Waals surface area contributed by atoms with Gasteiger partial charge in [-0.25, -0.2) is 9.18 Å². The topological polar surface area (TPSA) is 37.3 Å². The molecule has 0 unspecified atom stereocenters. The van der Waals surface area contributed by atoms with E-state index in [0.29, 0.717) is 5.56 Å². The summed E-state index contributed by atoms with van der Waals surface area (Å²) in [5.41, 5.74) is 4.01. The summed E-state index contributed by atoms with van der Waals surface area (Å²) in [6.07, 6.45) is 2.08. The fraction of sp³-hybridized carbons (Fsp3) is 0.321. The van der Waals surface area contributed by atoms with Crippen molar-refractivity contribution in [3.05, 3.63) is 107 Å². The van der Waals surface area contributed by atoms with Crippen LogP contribution in [0.5, 0.6) is 0 Å². The van der Waals surface area contributed by atoms with Crippen LogP contribution in [0.1, 0.15) is 68.6 Å². The maximum Gasteiger partial charge on any atom is 0.335 e. The van der Waals surface area contributed by atoms with Gasteiger partial charge in [0.2, 0.25) is 0 Å². The SMILES string of the molecule is CC.CC.CCc1ccc(C(=O)O)cc1.CCc1ccccc1.Cc1ccc(F)cc1. The third-order valence-corrected chi connectivity index (χ3v) is 3.87. The van der Waals surface area contributed by atoms with E-state index in [-0.39, 0.29) is 5.82 Å². The first-order valence-electron chi connectivity index (χ1n) is 11.0. The quantitative estimate of drug-likeness (QED) is 0.456. The van der Waals surface area contributed by atoms with Crippen molar-refractivity contribution in [2.24, 2.45) is 0 Å². The molecule has 0 saturated carbocycles. The van der Waals surface area contributed by atoms with Crippen LogP contribution in [-0.2, 0) is 12.8 Å². The zero-order chi connectivity index (χ0) is 24.1. The van der Waals surface area contributed by atoms with E-state index in [1.165, 1.54) is 17.7 Å². The molecular formula is C28H39FO2. The van der Waals surface area contributed by atoms with Crippen LogP contribution in [0, 0.1) is 12.7 Å². The van der Waals surface area contributed by atoms with E-state index >= 15 is 0 Å². The molecule has 3 aromatic rings. The zero-order valence-corrected chi connectivity index (χ0v) is 20.2. The Hall–Kier alpha value is -2.94. The molecule has 0 aliphatic carbocycles. The van der Waals surface area contributed by atoms with Gasteiger partial charge in [0.1, 0.15) is 5.82 Å². The molecule has 0 radical (unpaired) electrons. The number of rotatable bonds is 3. The molecule has 2 nitrogen and oxygen atoms in total. The van der Waals surface area contributed by atoms with Crippen molar-refractivity contribution in [3.63, 3.8) is 0 Å². The summed E-state index contributed by atoms with van der Waals surface area (Å²) in [6.45, 7) is 14.1. The standard InChI is InChI=1S/C9H10O2.C8H10.C7H7F.2C2H6/c1-2-7-3-5-8(6-4-7)9(10)11;1-2-8-6-4-3-5-7-8;1-6-2-4-7(8)5-3-6;2*1-2/h3-6H,2H2,1H3,(H,10,11);3-7H,2H2,1H3;2-5H,1H3;2*1-2H3. The van der Waals surface area contributed by atoms with E-state index in [9.17, 15) is 9.18 Å². The summed E-state index contributed by atoms with van der Waals surface area (Å²) in [6, 6.07) is 23.8. The summed E-state index contributed by atoms with van der Waals surface area (Å²) in [5.74, 6) is -1.04. The van der Waals surface area contributed by atoms with Gasteiger partial charge in [0.15, 0.2) is 0 Å². The van der Waals surface area contributed by atoms with Crippen molar-refractivity contribution in [2.45, 2.75) is 61.3 Å². The fourth-order valence-corrected chi connectivity index (χ4v) is 2.13. The van der Waals surface area contributed by atoms with Crippen LogP contribution >= 0.6 is 0 Å². The summed E-state index contributed by atoms with van der Waals surface area (Å²) < 4.78 is 12.1. The van der Waals surface area contributed by atoms with Gasteiger partial charge in [-0.15, -0.1) is 0 Å². The van der Waals surface area contributed by atoms with Gasteiger partial charge in [-0.05, 0) is 55.2 Å². The van der Waals surface area contributed by atoms with Crippen molar-refractivity contribution in [1.29, 1.82) is 0 Å². The number of halogens is 1. The van der Waals surface area contributed by atoms with E-state index in [1.54, 1.807) is 24.3 Å². The fourth-order valence-electron chi connectivity index (χ4n) is 2.13. The second-order valence-electron chi connectivity index (χ2n) is 5.99. The van der Waals surface area contributed by atoms with Gasteiger partial charge in [-0.2, -0.15) is 0 Å². The minimum absolute atomic E-state index is 0.171. The summed E-state index contributed by atoms with van der Waals surface area (Å²) in [5, 5.41) is 8.55. The van der Waals surface area contributed by atoms with Crippen molar-refractivity contribution < 1.29 is 14.3 Å². The Morgan fingerprint density at radius 3 is 1.45 bits per heavy atom. The lowest BCUT2D eigenvalue weighted by molar-refractivity contribution is 0.0697. The van der Waals surface area contributed by atoms with Crippen LogP contribution < -0.4 is 0 Å². The molecule has 0 aliphatic rings. The highest BCUT2D eigenvalue weighted by molar-refractivity contribution is 5.87. The highest BCUT2D eigenvalue weighted by Crippen LogP contribution is 2.04. The lowest BCUT2D eigenvalue weighted by atomic mass is 10.1. The lowest BCUT2D eigenvalue weighted by Gasteiger charge is -1.96. The average molecular weight is 427 g/mol. The Bertz CT molecular complexity index is 759. The molecule has 0 bridgehead atoms. The Kier molecular flexibility index (Phi) is 19.8. The molecule has 1 N–H and O–H groups in total. The monoisotopic (exact) mass is 426 g/mol. The van der Waals surface area contributed by atoms with Crippen LogP contribution in [0.25, 0.3) is 0 Å². The summed E-state index contributed by atoms with van der Waals surface area (Å²) in [7, 11) is 0. The summed E-state index contributed by atoms with van der Waals surface area (Å²) >= 11 is 0. The average Bonchev–Trinajstić information content (AvgIpc) is 2.85. The van der Waals surface area contributed by atoms with Crippen LogP contribution in [0.4, 0.5) is 4.39 Å². The van der Waals surface area contributed by atoms with Gasteiger partial charge in [-0.1, -0.05) is 102 Å². The zero-order valence-electron chi connectivity index (χ0n) is 20.2. The van der Waals surface area contributed by atoms with Crippen LogP contribution in [-0.4, -0.2) is 11.1 Å². The van der Waals surface area contributed by atoms with Crippen molar-refractivity contribution in [2.75, 3.05) is 0 Å². The van der Waals surface area contributed by atoms with Crippen molar-refractivity contribution in [1.82, 2.24) is 0 Å². The highest BCUT2D eigenvalue weighted by Gasteiger charge is 1.99. The second kappa shape index (κ2) is 20.3. The molecule has 0 fully saturated rings. The number of benzene rings is 3. The number of aromatic carboxylic acids is 1. The molecule has 0 atom stereocenters. The molecule has 0 amide bonds. The minimum atomic E-state index is -0.868. The number of carboxylic acids is 1. The number of hydrogen-bond donors (Lipinski definition) is 1.